The number of aromatic nitrogens is 3. The van der Waals surface area contributed by atoms with Crippen LogP contribution in [-0.2, 0) is 74.2 Å². The molecule has 6 aromatic carbocycles. The molecule has 3 saturated heterocycles. The normalized spacial score (nSPS) is 19.6. The summed E-state index contributed by atoms with van der Waals surface area (Å²) in [6.07, 6.45) is -4.97. The summed E-state index contributed by atoms with van der Waals surface area (Å²) in [6.45, 7) is 14.5. The van der Waals surface area contributed by atoms with Crippen LogP contribution < -0.4 is 16.0 Å². The molecule has 612 valence electrons. The Morgan fingerprint density at radius 3 is 1.19 bits per heavy atom. The van der Waals surface area contributed by atoms with Crippen LogP contribution in [0.25, 0.3) is 31.3 Å². The van der Waals surface area contributed by atoms with E-state index in [9.17, 15) is 76.0 Å². The molecule has 0 radical (unpaired) electrons. The number of hydrogen-bond acceptors (Lipinski definition) is 18. The number of carbonyl (C=O) groups excluding carboxylic acids is 9. The second kappa shape index (κ2) is 35.9. The summed E-state index contributed by atoms with van der Waals surface area (Å²) >= 11 is 3.82. The number of likely N-dealkylation sites (tertiary alicyclic amines) is 3. The van der Waals surface area contributed by atoms with Crippen molar-refractivity contribution in [2.45, 2.75) is 168 Å². The fourth-order valence-corrected chi connectivity index (χ4v) is 18.5. The first-order chi connectivity index (χ1) is 55.9. The molecule has 3 fully saturated rings. The van der Waals surface area contributed by atoms with Gasteiger partial charge in [0.2, 0.25) is 35.4 Å². The predicted molar refractivity (Wildman–Crippen MR) is 431 cm³/mol. The number of amides is 9. The molecule has 3 aromatic heterocycles. The topological polar surface area (TPSA) is 309 Å². The lowest BCUT2D eigenvalue weighted by Crippen LogP contribution is -2.55. The molecule has 117 heavy (non-hydrogen) atoms. The molecular weight excluding hydrogens is 1570 g/mol. The van der Waals surface area contributed by atoms with E-state index in [0.717, 1.165) is 60.1 Å². The van der Waals surface area contributed by atoms with Crippen molar-refractivity contribution in [2.75, 3.05) is 19.6 Å². The number of fused-ring (bicyclic) bond motifs is 3. The molecule has 9 heterocycles. The van der Waals surface area contributed by atoms with Gasteiger partial charge < -0.3 is 60.7 Å². The number of β-amino-alcohol motifs (C(OH)–C–C–N with tert-alkyl or cyclic N) is 3. The second-order valence-electron chi connectivity index (χ2n) is 31.0. The number of rotatable bonds is 21. The Balaban J connectivity index is 0.000000153. The first-order valence-electron chi connectivity index (χ1n) is 38.7. The number of hydrogen-bond donors (Lipinski definition) is 6. The number of aryl methyl sites for hydroxylation is 1. The molecule has 31 heteroatoms. The summed E-state index contributed by atoms with van der Waals surface area (Å²) in [5, 5.41) is 39.7. The molecule has 6 aliphatic rings. The zero-order valence-corrected chi connectivity index (χ0v) is 67.7. The minimum Gasteiger partial charge on any atom is -0.391 e. The van der Waals surface area contributed by atoms with Crippen LogP contribution in [0.1, 0.15) is 137 Å². The molecule has 0 saturated carbocycles. The number of aliphatic hydroxyl groups is 3. The van der Waals surface area contributed by atoms with Crippen LogP contribution in [0.15, 0.2) is 162 Å². The van der Waals surface area contributed by atoms with E-state index in [4.69, 9.17) is 0 Å². The van der Waals surface area contributed by atoms with Crippen molar-refractivity contribution in [2.24, 2.45) is 17.8 Å². The Morgan fingerprint density at radius 1 is 0.470 bits per heavy atom. The fraction of sp³-hybridized carbons (Fsp3) is 0.372. The van der Waals surface area contributed by atoms with Gasteiger partial charge in [-0.15, -0.1) is 34.0 Å². The average molecular weight is 1660 g/mol. The Bertz CT molecular complexity index is 5180. The lowest BCUT2D eigenvalue weighted by Gasteiger charge is -2.35. The molecule has 9 atom stereocenters. The van der Waals surface area contributed by atoms with Gasteiger partial charge in [0.1, 0.15) is 42.1 Å². The van der Waals surface area contributed by atoms with Gasteiger partial charge in [0.15, 0.2) is 5.69 Å². The quantitative estimate of drug-likeness (QED) is 0.0364. The molecular formula is C86H90F4N12O12S3. The molecule has 0 bridgehead atoms. The van der Waals surface area contributed by atoms with Crippen molar-refractivity contribution >= 4 is 87.2 Å². The van der Waals surface area contributed by atoms with Gasteiger partial charge in [-0.2, -0.15) is 13.2 Å². The lowest BCUT2D eigenvalue weighted by molar-refractivity contribution is -0.143. The number of halogens is 4. The number of thiazole rings is 3. The Hall–Kier alpha value is -11.0. The van der Waals surface area contributed by atoms with E-state index in [-0.39, 0.29) is 110 Å². The van der Waals surface area contributed by atoms with Gasteiger partial charge in [0.25, 0.3) is 17.7 Å². The highest BCUT2D eigenvalue weighted by molar-refractivity contribution is 7.14. The van der Waals surface area contributed by atoms with E-state index in [2.05, 4.69) is 30.9 Å². The zero-order valence-electron chi connectivity index (χ0n) is 65.3. The summed E-state index contributed by atoms with van der Waals surface area (Å²) in [5.41, 5.74) is 12.8. The number of alkyl halides is 3. The van der Waals surface area contributed by atoms with Crippen molar-refractivity contribution in [3.8, 4) is 31.3 Å². The maximum Gasteiger partial charge on any atom is 0.434 e. The van der Waals surface area contributed by atoms with Gasteiger partial charge in [-0.25, -0.2) is 14.4 Å². The molecule has 6 aliphatic heterocycles. The SMILES string of the molecule is CC(C)[C@@H](C(=O)N1C[C@H](O)C[C@H]1C(=O)NCc1ccc(-c2cncs2)cc1)N1Cc2ccccc2C1=O.CC(C)[C@@H](C(=O)N1C[C@H](O)C[C@H]1C(=O)NCc1ccc(-c2scnc2C(F)(F)F)cc1)N1Cc2ccccc2C1=O.Cc1ncsc1-c1ccc(CNC(=O)[C@@H]2C[C@@H](O)CN2C(=O)[C@H](C(C)C)N2Cc3ccccc3C2=O)cc1F. The van der Waals surface area contributed by atoms with Gasteiger partial charge in [-0.1, -0.05) is 157 Å². The summed E-state index contributed by atoms with van der Waals surface area (Å²) in [5.74, 6) is -3.90. The summed E-state index contributed by atoms with van der Waals surface area (Å²) in [7, 11) is 0. The van der Waals surface area contributed by atoms with Crippen LogP contribution >= 0.6 is 34.0 Å². The third kappa shape index (κ3) is 18.3. The van der Waals surface area contributed by atoms with Crippen LogP contribution in [0.5, 0.6) is 0 Å². The molecule has 0 unspecified atom stereocenters. The molecule has 15 rings (SSSR count). The smallest absolute Gasteiger partial charge is 0.391 e. The largest absolute Gasteiger partial charge is 0.434 e. The summed E-state index contributed by atoms with van der Waals surface area (Å²) in [4.78, 5) is 143. The van der Waals surface area contributed by atoms with Crippen LogP contribution in [0.4, 0.5) is 17.6 Å². The average Bonchev–Trinajstić information content (AvgIpc) is 1.63. The third-order valence-electron chi connectivity index (χ3n) is 21.9. The zero-order chi connectivity index (χ0) is 83.4. The van der Waals surface area contributed by atoms with Crippen molar-refractivity contribution in [1.82, 2.24) is 60.3 Å². The van der Waals surface area contributed by atoms with Crippen molar-refractivity contribution < 1.29 is 76.0 Å². The maximum absolute atomic E-state index is 14.8. The number of nitrogens with zero attached hydrogens (tertiary/aromatic N) is 9. The number of aliphatic hydroxyl groups excluding tert-OH is 3. The number of nitrogens with one attached hydrogen (secondary N) is 3. The standard InChI is InChI=1S/C29H29F3N4O4S.C29H31FN4O4S.C28H30N4O4S/c1-16(2)23(36-13-19-5-3-4-6-21(19)27(36)39)28(40)35-14-20(37)11-22(35)26(38)33-12-17-7-9-18(10-8-17)24-25(29(30,31)32)34-15-41-24;1-16(2)25(34-13-19-6-4-5-7-21(19)28(34)37)29(38)33-14-20(35)11-24(33)27(36)31-12-18-8-9-22(23(30)10-18)26-17(3)32-15-39-26;1-17(2)25(32-14-20-5-3-4-6-22(20)27(32)35)28(36)31-15-21(33)11-23(31)26(34)30-12-18-7-9-19(10-8-18)24-13-29-16-37-24/h3-10,15-16,20,22-23,37H,11-14H2,1-2H3,(H,33,38);4-10,15-16,20,24-25,35H,11-14H2,1-3H3,(H,31,36);3-10,13,16-17,21,23,25,33H,11-12,14-15H2,1-2H3,(H,30,34)/t20-,22+,23+;20-,24+,25+;21-,23+,25+/m111/s1. The molecule has 0 spiro atoms. The Labute approximate surface area is 685 Å². The van der Waals surface area contributed by atoms with Gasteiger partial charge in [-0.3, -0.25) is 48.1 Å². The second-order valence-corrected chi connectivity index (χ2v) is 33.6. The Kier molecular flexibility index (Phi) is 25.7. The monoisotopic (exact) mass is 1650 g/mol. The predicted octanol–water partition coefficient (Wildman–Crippen LogP) is 10.7. The van der Waals surface area contributed by atoms with Gasteiger partial charge in [0, 0.05) is 107 Å². The van der Waals surface area contributed by atoms with Gasteiger partial charge >= 0.3 is 6.18 Å². The van der Waals surface area contributed by atoms with E-state index in [1.54, 1.807) is 86.8 Å². The van der Waals surface area contributed by atoms with Crippen LogP contribution in [0.3, 0.4) is 0 Å². The first kappa shape index (κ1) is 84.0. The minimum atomic E-state index is -4.56. The van der Waals surface area contributed by atoms with E-state index in [1.807, 2.05) is 121 Å². The third-order valence-corrected chi connectivity index (χ3v) is 24.6. The Morgan fingerprint density at radius 2 is 0.838 bits per heavy atom. The van der Waals surface area contributed by atoms with Crippen LogP contribution in [0.2, 0.25) is 0 Å². The molecule has 24 nitrogen and oxygen atoms in total. The van der Waals surface area contributed by atoms with E-state index in [0.29, 0.717) is 65.1 Å². The van der Waals surface area contributed by atoms with Crippen LogP contribution in [-0.4, -0.2) is 187 Å². The minimum absolute atomic E-state index is 0.00659. The highest BCUT2D eigenvalue weighted by Gasteiger charge is 2.50. The number of carbonyl (C=O) groups is 9. The summed E-state index contributed by atoms with van der Waals surface area (Å²) < 4.78 is 54.5. The fourth-order valence-electron chi connectivity index (χ4n) is 16.2. The van der Waals surface area contributed by atoms with Crippen molar-refractivity contribution in [3.63, 3.8) is 0 Å². The molecule has 9 aromatic rings. The molecule has 9 amide bonds. The molecule has 6 N–H and O–H groups in total. The van der Waals surface area contributed by atoms with E-state index in [1.165, 1.54) is 49.1 Å². The van der Waals surface area contributed by atoms with Crippen molar-refractivity contribution in [3.05, 3.63) is 230 Å². The molecule has 0 aliphatic carbocycles. The van der Waals surface area contributed by atoms with Crippen LogP contribution in [0, 0.1) is 30.5 Å². The van der Waals surface area contributed by atoms with Gasteiger partial charge in [-0.05, 0) is 93.5 Å². The van der Waals surface area contributed by atoms with Gasteiger partial charge in [0.05, 0.1) is 55.2 Å². The van der Waals surface area contributed by atoms with E-state index >= 15 is 0 Å². The maximum atomic E-state index is 14.8. The first-order valence-corrected chi connectivity index (χ1v) is 41.3. The summed E-state index contributed by atoms with van der Waals surface area (Å²) in [6, 6.07) is 35.9. The lowest BCUT2D eigenvalue weighted by atomic mass is 10.0. The van der Waals surface area contributed by atoms with Crippen molar-refractivity contribution in [1.29, 1.82) is 0 Å². The number of benzene rings is 6. The van der Waals surface area contributed by atoms with E-state index < -0.39 is 90.0 Å². The highest BCUT2D eigenvalue weighted by atomic mass is 32.1. The highest BCUT2D eigenvalue weighted by Crippen LogP contribution is 2.40.